The number of carbonyl (C=O) groups excluding carboxylic acids is 1. The van der Waals surface area contributed by atoms with Crippen LogP contribution in [0.1, 0.15) is 32.4 Å². The van der Waals surface area contributed by atoms with Crippen LogP contribution in [0.5, 0.6) is 0 Å². The minimum atomic E-state index is -3.82. The van der Waals surface area contributed by atoms with Gasteiger partial charge in [-0.2, -0.15) is 4.72 Å². The number of benzene rings is 1. The number of hydrogen-bond acceptors (Lipinski definition) is 5. The van der Waals surface area contributed by atoms with Crippen molar-refractivity contribution in [3.05, 3.63) is 35.9 Å². The van der Waals surface area contributed by atoms with Crippen LogP contribution in [-0.4, -0.2) is 61.4 Å². The highest BCUT2D eigenvalue weighted by Crippen LogP contribution is 2.22. The Morgan fingerprint density at radius 1 is 1.20 bits per heavy atom. The molecule has 1 aromatic rings. The molecule has 1 saturated heterocycles. The van der Waals surface area contributed by atoms with Crippen molar-refractivity contribution in [2.75, 3.05) is 26.3 Å². The van der Waals surface area contributed by atoms with E-state index in [2.05, 4.69) is 4.72 Å². The number of ether oxygens (including phenoxy) is 1. The van der Waals surface area contributed by atoms with Gasteiger partial charge in [0.05, 0.1) is 18.0 Å². The molecule has 0 saturated carbocycles. The SMILES string of the molecule is CC(C)(C)S(=O)(=O)N[C@H](C(=O)N1CCOCC1)[C@H](O)c1ccccc1. The molecule has 2 N–H and O–H groups in total. The lowest BCUT2D eigenvalue weighted by Crippen LogP contribution is -2.56. The molecule has 1 fully saturated rings. The number of nitrogens with zero attached hydrogens (tertiary/aromatic N) is 1. The Balaban J connectivity index is 2.32. The first-order chi connectivity index (χ1) is 11.6. The second-order valence-electron chi connectivity index (χ2n) is 7.00. The van der Waals surface area contributed by atoms with E-state index in [0.29, 0.717) is 31.9 Å². The van der Waals surface area contributed by atoms with Crippen molar-refractivity contribution in [3.8, 4) is 0 Å². The Kier molecular flexibility index (Phi) is 6.21. The predicted molar refractivity (Wildman–Crippen MR) is 94.4 cm³/mol. The van der Waals surface area contributed by atoms with Crippen molar-refractivity contribution < 1.29 is 23.1 Å². The van der Waals surface area contributed by atoms with Crippen molar-refractivity contribution in [2.45, 2.75) is 37.7 Å². The number of rotatable bonds is 5. The number of sulfonamides is 1. The zero-order valence-electron chi connectivity index (χ0n) is 14.8. The second-order valence-corrected chi connectivity index (χ2v) is 9.47. The van der Waals surface area contributed by atoms with Gasteiger partial charge in [-0.05, 0) is 26.3 Å². The van der Waals surface area contributed by atoms with Crippen molar-refractivity contribution >= 4 is 15.9 Å². The fourth-order valence-corrected chi connectivity index (χ4v) is 3.33. The van der Waals surface area contributed by atoms with Crippen molar-refractivity contribution in [1.82, 2.24) is 9.62 Å². The van der Waals surface area contributed by atoms with Gasteiger partial charge in [-0.1, -0.05) is 30.3 Å². The van der Waals surface area contributed by atoms with Gasteiger partial charge in [-0.15, -0.1) is 0 Å². The average molecular weight is 370 g/mol. The molecule has 1 aliphatic rings. The molecule has 0 aliphatic carbocycles. The molecular formula is C17H26N2O5S. The van der Waals surface area contributed by atoms with E-state index >= 15 is 0 Å². The minimum absolute atomic E-state index is 0.369. The first-order valence-corrected chi connectivity index (χ1v) is 9.73. The van der Waals surface area contributed by atoms with E-state index < -0.39 is 32.8 Å². The standard InChI is InChI=1S/C17H26N2O5S/c1-17(2,3)25(22,23)18-14(15(20)13-7-5-4-6-8-13)16(21)19-9-11-24-12-10-19/h4-8,14-15,18,20H,9-12H2,1-3H3/t14-,15+/m0/s1. The normalized spacial score (nSPS) is 18.6. The van der Waals surface area contributed by atoms with Crippen LogP contribution in [0, 0.1) is 0 Å². The third kappa shape index (κ3) is 4.78. The molecule has 1 amide bonds. The van der Waals surface area contributed by atoms with E-state index in [9.17, 15) is 18.3 Å². The quantitative estimate of drug-likeness (QED) is 0.794. The number of aliphatic hydroxyl groups is 1. The van der Waals surface area contributed by atoms with Crippen LogP contribution < -0.4 is 4.72 Å². The molecule has 1 heterocycles. The molecule has 25 heavy (non-hydrogen) atoms. The summed E-state index contributed by atoms with van der Waals surface area (Å²) in [5, 5.41) is 10.7. The molecule has 7 nitrogen and oxygen atoms in total. The van der Waals surface area contributed by atoms with E-state index in [-0.39, 0.29) is 0 Å². The fourth-order valence-electron chi connectivity index (χ4n) is 2.42. The maximum absolute atomic E-state index is 12.9. The highest BCUT2D eigenvalue weighted by atomic mass is 32.2. The molecule has 1 aromatic carbocycles. The van der Waals surface area contributed by atoms with Gasteiger partial charge in [0, 0.05) is 13.1 Å². The van der Waals surface area contributed by atoms with Gasteiger partial charge in [-0.3, -0.25) is 4.79 Å². The van der Waals surface area contributed by atoms with Crippen LogP contribution in [0.4, 0.5) is 0 Å². The van der Waals surface area contributed by atoms with Gasteiger partial charge >= 0.3 is 0 Å². The number of morpholine rings is 1. The van der Waals surface area contributed by atoms with E-state index in [0.717, 1.165) is 0 Å². The molecule has 0 aromatic heterocycles. The summed E-state index contributed by atoms with van der Waals surface area (Å²) in [5.41, 5.74) is 0.478. The molecule has 0 radical (unpaired) electrons. The minimum Gasteiger partial charge on any atom is -0.386 e. The molecule has 140 valence electrons. The summed E-state index contributed by atoms with van der Waals surface area (Å²) < 4.78 is 31.7. The average Bonchev–Trinajstić information content (AvgIpc) is 2.59. The van der Waals surface area contributed by atoms with Gasteiger partial charge in [-0.25, -0.2) is 8.42 Å². The van der Waals surface area contributed by atoms with Crippen LogP contribution in [0.3, 0.4) is 0 Å². The number of aliphatic hydroxyl groups excluding tert-OH is 1. The summed E-state index contributed by atoms with van der Waals surface area (Å²) in [4.78, 5) is 14.4. The van der Waals surface area contributed by atoms with Crippen LogP contribution in [-0.2, 0) is 19.6 Å². The van der Waals surface area contributed by atoms with Crippen LogP contribution in [0.15, 0.2) is 30.3 Å². The third-order valence-electron chi connectivity index (χ3n) is 4.13. The van der Waals surface area contributed by atoms with Gasteiger partial charge in [0.25, 0.3) is 0 Å². The first kappa shape index (κ1) is 19.8. The lowest BCUT2D eigenvalue weighted by atomic mass is 10.0. The van der Waals surface area contributed by atoms with Gasteiger partial charge in [0.2, 0.25) is 15.9 Å². The summed E-state index contributed by atoms with van der Waals surface area (Å²) >= 11 is 0. The summed E-state index contributed by atoms with van der Waals surface area (Å²) in [6.07, 6.45) is -1.28. The Hall–Kier alpha value is -1.48. The third-order valence-corrected chi connectivity index (χ3v) is 6.31. The highest BCUT2D eigenvalue weighted by Gasteiger charge is 2.39. The lowest BCUT2D eigenvalue weighted by molar-refractivity contribution is -0.139. The number of hydrogen-bond donors (Lipinski definition) is 2. The summed E-state index contributed by atoms with van der Waals surface area (Å²) in [7, 11) is -3.82. The Labute approximate surface area is 149 Å². The Bertz CT molecular complexity index is 679. The number of nitrogens with one attached hydrogen (secondary N) is 1. The molecular weight excluding hydrogens is 344 g/mol. The Morgan fingerprint density at radius 2 is 1.76 bits per heavy atom. The topological polar surface area (TPSA) is 95.9 Å². The largest absolute Gasteiger partial charge is 0.386 e. The van der Waals surface area contributed by atoms with E-state index in [1.807, 2.05) is 0 Å². The van der Waals surface area contributed by atoms with Crippen molar-refractivity contribution in [1.29, 1.82) is 0 Å². The maximum Gasteiger partial charge on any atom is 0.243 e. The van der Waals surface area contributed by atoms with E-state index in [1.54, 1.807) is 51.1 Å². The van der Waals surface area contributed by atoms with Crippen molar-refractivity contribution in [3.63, 3.8) is 0 Å². The predicted octanol–water partition coefficient (Wildman–Crippen LogP) is 0.665. The molecule has 0 bridgehead atoms. The molecule has 2 rings (SSSR count). The Morgan fingerprint density at radius 3 is 2.28 bits per heavy atom. The van der Waals surface area contributed by atoms with Crippen LogP contribution >= 0.6 is 0 Å². The number of amides is 1. The second kappa shape index (κ2) is 7.82. The molecule has 0 spiro atoms. The zero-order valence-corrected chi connectivity index (χ0v) is 15.6. The van der Waals surface area contributed by atoms with E-state index in [4.69, 9.17) is 4.74 Å². The number of carbonyl (C=O) groups is 1. The first-order valence-electron chi connectivity index (χ1n) is 8.25. The van der Waals surface area contributed by atoms with Crippen LogP contribution in [0.25, 0.3) is 0 Å². The monoisotopic (exact) mass is 370 g/mol. The lowest BCUT2D eigenvalue weighted by Gasteiger charge is -2.34. The fraction of sp³-hybridized carbons (Fsp3) is 0.588. The van der Waals surface area contributed by atoms with Crippen LogP contribution in [0.2, 0.25) is 0 Å². The summed E-state index contributed by atoms with van der Waals surface area (Å²) in [5.74, 6) is -0.451. The van der Waals surface area contributed by atoms with Gasteiger partial charge in [0.1, 0.15) is 12.1 Å². The highest BCUT2D eigenvalue weighted by molar-refractivity contribution is 7.90. The van der Waals surface area contributed by atoms with Gasteiger partial charge in [0.15, 0.2) is 0 Å². The molecule has 0 unspecified atom stereocenters. The molecule has 8 heteroatoms. The summed E-state index contributed by atoms with van der Waals surface area (Å²) in [6.45, 7) is 6.15. The molecule has 1 aliphatic heterocycles. The van der Waals surface area contributed by atoms with Gasteiger partial charge < -0.3 is 14.7 Å². The van der Waals surface area contributed by atoms with Crippen molar-refractivity contribution in [2.24, 2.45) is 0 Å². The van der Waals surface area contributed by atoms with E-state index in [1.165, 1.54) is 4.90 Å². The molecule has 2 atom stereocenters. The smallest absolute Gasteiger partial charge is 0.243 e. The summed E-state index contributed by atoms with van der Waals surface area (Å²) in [6, 6.07) is 7.28. The zero-order chi connectivity index (χ0) is 18.7. The maximum atomic E-state index is 12.9.